The molecule has 0 atom stereocenters. The van der Waals surface area contributed by atoms with Gasteiger partial charge in [0.05, 0.1) is 0 Å². The fourth-order valence-corrected chi connectivity index (χ4v) is 2.29. The molecule has 0 radical (unpaired) electrons. The van der Waals surface area contributed by atoms with Crippen LogP contribution in [0.3, 0.4) is 0 Å². The Balaban J connectivity index is 2.36. The normalized spacial score (nSPS) is 11.6. The molecule has 2 aromatic rings. The van der Waals surface area contributed by atoms with Crippen LogP contribution >= 0.6 is 11.8 Å². The lowest BCUT2D eigenvalue weighted by atomic mass is 10.3. The van der Waals surface area contributed by atoms with Gasteiger partial charge in [0.2, 0.25) is 5.95 Å². The summed E-state index contributed by atoms with van der Waals surface area (Å²) in [6.45, 7) is 3.61. The molecule has 0 saturated heterocycles. The maximum atomic E-state index is 13.0. The Hall–Kier alpha value is -1.96. The maximum absolute atomic E-state index is 13.0. The molecule has 2 rings (SSSR count). The Morgan fingerprint density at radius 3 is 2.48 bits per heavy atom. The summed E-state index contributed by atoms with van der Waals surface area (Å²) in [5.41, 5.74) is -0.321. The zero-order valence-electron chi connectivity index (χ0n) is 12.9. The summed E-state index contributed by atoms with van der Waals surface area (Å²) < 4.78 is 39.0. The summed E-state index contributed by atoms with van der Waals surface area (Å²) in [6.07, 6.45) is -2.61. The standard InChI is InChI=1S/C15H17F3N4S/c1-9(2)19-14-21-12(15(16,17)18)8-13(22-14)20-10-5-4-6-11(7-10)23-3/h4-9H,1-3H3,(H2,19,20,21,22). The molecule has 0 amide bonds. The first kappa shape index (κ1) is 17.4. The quantitative estimate of drug-likeness (QED) is 0.766. The molecule has 0 saturated carbocycles. The minimum atomic E-state index is -4.53. The Morgan fingerprint density at radius 1 is 1.13 bits per heavy atom. The molecular formula is C15H17F3N4S. The average Bonchev–Trinajstić information content (AvgIpc) is 2.45. The lowest BCUT2D eigenvalue weighted by Crippen LogP contribution is -2.17. The van der Waals surface area contributed by atoms with E-state index < -0.39 is 11.9 Å². The number of aromatic nitrogens is 2. The summed E-state index contributed by atoms with van der Waals surface area (Å²) in [7, 11) is 0. The second-order valence-corrected chi connectivity index (χ2v) is 6.00. The van der Waals surface area contributed by atoms with Gasteiger partial charge in [-0.15, -0.1) is 11.8 Å². The van der Waals surface area contributed by atoms with Crippen molar-refractivity contribution in [3.63, 3.8) is 0 Å². The van der Waals surface area contributed by atoms with Gasteiger partial charge in [0, 0.05) is 22.7 Å². The minimum Gasteiger partial charge on any atom is -0.352 e. The van der Waals surface area contributed by atoms with Gasteiger partial charge in [-0.05, 0) is 38.3 Å². The Morgan fingerprint density at radius 2 is 1.87 bits per heavy atom. The van der Waals surface area contributed by atoms with E-state index >= 15 is 0 Å². The molecule has 1 heterocycles. The fourth-order valence-electron chi connectivity index (χ4n) is 1.83. The second kappa shape index (κ2) is 7.08. The number of anilines is 3. The van der Waals surface area contributed by atoms with Crippen molar-refractivity contribution in [3.8, 4) is 0 Å². The van der Waals surface area contributed by atoms with Crippen LogP contribution in [0.25, 0.3) is 0 Å². The van der Waals surface area contributed by atoms with E-state index in [9.17, 15) is 13.2 Å². The van der Waals surface area contributed by atoms with Gasteiger partial charge < -0.3 is 10.6 Å². The van der Waals surface area contributed by atoms with Crippen molar-refractivity contribution in [1.29, 1.82) is 0 Å². The van der Waals surface area contributed by atoms with Crippen LogP contribution < -0.4 is 10.6 Å². The number of hydrogen-bond donors (Lipinski definition) is 2. The van der Waals surface area contributed by atoms with Crippen molar-refractivity contribution in [3.05, 3.63) is 36.0 Å². The third kappa shape index (κ3) is 5.02. The first-order valence-corrected chi connectivity index (χ1v) is 8.14. The zero-order chi connectivity index (χ0) is 17.0. The monoisotopic (exact) mass is 342 g/mol. The summed E-state index contributed by atoms with van der Waals surface area (Å²) >= 11 is 1.55. The highest BCUT2D eigenvalue weighted by molar-refractivity contribution is 7.98. The molecule has 1 aromatic heterocycles. The van der Waals surface area contributed by atoms with Gasteiger partial charge >= 0.3 is 6.18 Å². The largest absolute Gasteiger partial charge is 0.433 e. The van der Waals surface area contributed by atoms with E-state index in [1.807, 2.05) is 24.5 Å². The van der Waals surface area contributed by atoms with Crippen LogP contribution in [0.1, 0.15) is 19.5 Å². The molecule has 4 nitrogen and oxygen atoms in total. The molecule has 0 unspecified atom stereocenters. The van der Waals surface area contributed by atoms with Crippen LogP contribution in [-0.4, -0.2) is 22.3 Å². The topological polar surface area (TPSA) is 49.8 Å². The van der Waals surface area contributed by atoms with E-state index in [1.54, 1.807) is 31.7 Å². The molecule has 0 aliphatic heterocycles. The third-order valence-electron chi connectivity index (χ3n) is 2.78. The van der Waals surface area contributed by atoms with E-state index in [0.29, 0.717) is 5.69 Å². The predicted octanol–water partition coefficient (Wildman–Crippen LogP) is 4.78. The van der Waals surface area contributed by atoms with Crippen LogP contribution in [0.5, 0.6) is 0 Å². The third-order valence-corrected chi connectivity index (χ3v) is 3.50. The van der Waals surface area contributed by atoms with E-state index in [4.69, 9.17) is 0 Å². The zero-order valence-corrected chi connectivity index (χ0v) is 13.7. The van der Waals surface area contributed by atoms with E-state index in [0.717, 1.165) is 11.0 Å². The van der Waals surface area contributed by atoms with Gasteiger partial charge in [0.25, 0.3) is 0 Å². The summed E-state index contributed by atoms with van der Waals surface area (Å²) in [5, 5.41) is 5.70. The molecular weight excluding hydrogens is 325 g/mol. The summed E-state index contributed by atoms with van der Waals surface area (Å²) in [5.74, 6) is 0.0343. The lowest BCUT2D eigenvalue weighted by Gasteiger charge is -2.14. The number of alkyl halides is 3. The summed E-state index contributed by atoms with van der Waals surface area (Å²) in [4.78, 5) is 8.63. The second-order valence-electron chi connectivity index (χ2n) is 5.12. The van der Waals surface area contributed by atoms with Crippen molar-refractivity contribution in [1.82, 2.24) is 9.97 Å². The summed E-state index contributed by atoms with van der Waals surface area (Å²) in [6, 6.07) is 8.18. The average molecular weight is 342 g/mol. The number of nitrogens with one attached hydrogen (secondary N) is 2. The Bertz CT molecular complexity index is 674. The highest BCUT2D eigenvalue weighted by Gasteiger charge is 2.33. The Labute approximate surface area is 136 Å². The molecule has 124 valence electrons. The number of hydrogen-bond acceptors (Lipinski definition) is 5. The van der Waals surface area contributed by atoms with Gasteiger partial charge in [0.15, 0.2) is 5.69 Å². The molecule has 23 heavy (non-hydrogen) atoms. The van der Waals surface area contributed by atoms with Crippen molar-refractivity contribution >= 4 is 29.2 Å². The van der Waals surface area contributed by atoms with Gasteiger partial charge in [-0.25, -0.2) is 4.98 Å². The first-order chi connectivity index (χ1) is 10.8. The molecule has 8 heteroatoms. The van der Waals surface area contributed by atoms with Crippen LogP contribution in [0, 0.1) is 0 Å². The number of rotatable bonds is 5. The number of thioether (sulfide) groups is 1. The van der Waals surface area contributed by atoms with Crippen molar-refractivity contribution in [2.75, 3.05) is 16.9 Å². The fraction of sp³-hybridized carbons (Fsp3) is 0.333. The number of benzene rings is 1. The molecule has 2 N–H and O–H groups in total. The van der Waals surface area contributed by atoms with E-state index in [1.165, 1.54) is 0 Å². The molecule has 0 aliphatic carbocycles. The van der Waals surface area contributed by atoms with Crippen LogP contribution in [-0.2, 0) is 6.18 Å². The van der Waals surface area contributed by atoms with E-state index in [-0.39, 0.29) is 17.8 Å². The van der Waals surface area contributed by atoms with Crippen molar-refractivity contribution in [2.45, 2.75) is 31.0 Å². The minimum absolute atomic E-state index is 0.0571. The van der Waals surface area contributed by atoms with Crippen molar-refractivity contribution in [2.24, 2.45) is 0 Å². The van der Waals surface area contributed by atoms with Crippen molar-refractivity contribution < 1.29 is 13.2 Å². The number of nitrogens with zero attached hydrogens (tertiary/aromatic N) is 2. The SMILES string of the molecule is CSc1cccc(Nc2cc(C(F)(F)F)nc(NC(C)C)n2)c1. The van der Waals surface area contributed by atoms with Gasteiger partial charge in [-0.2, -0.15) is 18.2 Å². The molecule has 0 fully saturated rings. The van der Waals surface area contributed by atoms with Crippen LogP contribution in [0.15, 0.2) is 35.2 Å². The number of halogens is 3. The smallest absolute Gasteiger partial charge is 0.352 e. The highest BCUT2D eigenvalue weighted by Crippen LogP contribution is 2.31. The van der Waals surface area contributed by atoms with Gasteiger partial charge in [-0.3, -0.25) is 0 Å². The van der Waals surface area contributed by atoms with Gasteiger partial charge in [0.1, 0.15) is 5.82 Å². The lowest BCUT2D eigenvalue weighted by molar-refractivity contribution is -0.141. The molecule has 1 aromatic carbocycles. The Kier molecular flexibility index (Phi) is 5.35. The highest BCUT2D eigenvalue weighted by atomic mass is 32.2. The molecule has 0 bridgehead atoms. The van der Waals surface area contributed by atoms with E-state index in [2.05, 4.69) is 20.6 Å². The molecule has 0 spiro atoms. The van der Waals surface area contributed by atoms with Crippen LogP contribution in [0.4, 0.5) is 30.6 Å². The molecule has 0 aliphatic rings. The van der Waals surface area contributed by atoms with Crippen LogP contribution in [0.2, 0.25) is 0 Å². The maximum Gasteiger partial charge on any atom is 0.433 e. The first-order valence-electron chi connectivity index (χ1n) is 6.92. The van der Waals surface area contributed by atoms with Gasteiger partial charge in [-0.1, -0.05) is 6.07 Å². The predicted molar refractivity (Wildman–Crippen MR) is 87.3 cm³/mol.